The summed E-state index contributed by atoms with van der Waals surface area (Å²) in [4.78, 5) is 18.4. The van der Waals surface area contributed by atoms with Crippen molar-refractivity contribution in [2.24, 2.45) is 0 Å². The number of rotatable bonds is 8. The van der Waals surface area contributed by atoms with E-state index >= 15 is 0 Å². The van der Waals surface area contributed by atoms with Gasteiger partial charge in [-0.05, 0) is 51.0 Å². The first-order chi connectivity index (χ1) is 16.3. The van der Waals surface area contributed by atoms with Crippen LogP contribution in [0.3, 0.4) is 0 Å². The maximum absolute atomic E-state index is 12.6. The van der Waals surface area contributed by atoms with Crippen molar-refractivity contribution in [3.05, 3.63) is 49.4 Å². The summed E-state index contributed by atoms with van der Waals surface area (Å²) in [7, 11) is 0. The van der Waals surface area contributed by atoms with E-state index in [1.54, 1.807) is 23.5 Å². The van der Waals surface area contributed by atoms with Crippen molar-refractivity contribution in [1.82, 2.24) is 19.7 Å². The standard InChI is InChI=1S/C23H23Cl2N5OS3/c1-5-15-13(4)32-9-17(15)21-28-29-23(30(21)12(2)3)34-11-20(31)27-22-26-19(10-33-22)16-7-6-14(24)8-18(16)25/h6-10,12H,5,11H2,1-4H3,(H,26,27,31). The number of hydrogen-bond acceptors (Lipinski definition) is 7. The van der Waals surface area contributed by atoms with E-state index < -0.39 is 0 Å². The first-order valence-electron chi connectivity index (χ1n) is 10.6. The molecule has 3 aromatic heterocycles. The van der Waals surface area contributed by atoms with Crippen LogP contribution in [-0.4, -0.2) is 31.4 Å². The van der Waals surface area contributed by atoms with Crippen LogP contribution in [0.2, 0.25) is 10.0 Å². The quantitative estimate of drug-likeness (QED) is 0.228. The Labute approximate surface area is 220 Å². The zero-order valence-electron chi connectivity index (χ0n) is 19.1. The maximum Gasteiger partial charge on any atom is 0.236 e. The normalized spacial score (nSPS) is 11.4. The van der Waals surface area contributed by atoms with Gasteiger partial charge in [-0.1, -0.05) is 41.9 Å². The van der Waals surface area contributed by atoms with E-state index in [0.717, 1.165) is 28.5 Å². The van der Waals surface area contributed by atoms with Crippen LogP contribution in [0.15, 0.2) is 34.1 Å². The number of hydrogen-bond donors (Lipinski definition) is 1. The van der Waals surface area contributed by atoms with Gasteiger partial charge in [0.25, 0.3) is 0 Å². The molecular weight excluding hydrogens is 529 g/mol. The second-order valence-electron chi connectivity index (χ2n) is 7.81. The number of thioether (sulfide) groups is 1. The molecule has 0 aliphatic rings. The van der Waals surface area contributed by atoms with Gasteiger partial charge < -0.3 is 5.32 Å². The lowest BCUT2D eigenvalue weighted by atomic mass is 10.1. The summed E-state index contributed by atoms with van der Waals surface area (Å²) in [5, 5.41) is 18.1. The molecule has 0 saturated carbocycles. The molecule has 1 aromatic carbocycles. The molecule has 11 heteroatoms. The Hall–Kier alpha value is -1.91. The van der Waals surface area contributed by atoms with E-state index in [9.17, 15) is 4.79 Å². The van der Waals surface area contributed by atoms with E-state index in [1.165, 1.54) is 33.5 Å². The molecule has 0 spiro atoms. The average Bonchev–Trinajstić information content (AvgIpc) is 3.50. The number of nitrogens with zero attached hydrogens (tertiary/aromatic N) is 4. The molecule has 6 nitrogen and oxygen atoms in total. The Morgan fingerprint density at radius 2 is 1.97 bits per heavy atom. The summed E-state index contributed by atoms with van der Waals surface area (Å²) in [6.07, 6.45) is 0.942. The Kier molecular flexibility index (Phi) is 7.99. The van der Waals surface area contributed by atoms with Gasteiger partial charge in [0.1, 0.15) is 0 Å². The summed E-state index contributed by atoms with van der Waals surface area (Å²) < 4.78 is 2.10. The van der Waals surface area contributed by atoms with Gasteiger partial charge in [0.2, 0.25) is 5.91 Å². The fourth-order valence-electron chi connectivity index (χ4n) is 3.57. The van der Waals surface area contributed by atoms with Gasteiger partial charge in [-0.15, -0.1) is 32.9 Å². The minimum absolute atomic E-state index is 0.158. The smallest absolute Gasteiger partial charge is 0.236 e. The number of amides is 1. The summed E-state index contributed by atoms with van der Waals surface area (Å²) in [6.45, 7) is 8.48. The molecule has 1 N–H and O–H groups in total. The molecule has 0 radical (unpaired) electrons. The fourth-order valence-corrected chi connectivity index (χ4v) is 6.61. The predicted molar refractivity (Wildman–Crippen MR) is 145 cm³/mol. The van der Waals surface area contributed by atoms with Gasteiger partial charge >= 0.3 is 0 Å². The molecule has 1 amide bonds. The molecule has 0 atom stereocenters. The number of carbonyl (C=O) groups is 1. The maximum atomic E-state index is 12.6. The molecule has 34 heavy (non-hydrogen) atoms. The minimum atomic E-state index is -0.159. The monoisotopic (exact) mass is 551 g/mol. The Balaban J connectivity index is 1.46. The highest BCUT2D eigenvalue weighted by Gasteiger charge is 2.21. The molecule has 0 aliphatic carbocycles. The van der Waals surface area contributed by atoms with Crippen LogP contribution >= 0.6 is 57.6 Å². The summed E-state index contributed by atoms with van der Waals surface area (Å²) in [5.74, 6) is 0.891. The first kappa shape index (κ1) is 25.2. The van der Waals surface area contributed by atoms with Crippen molar-refractivity contribution < 1.29 is 4.79 Å². The van der Waals surface area contributed by atoms with Gasteiger partial charge in [0.15, 0.2) is 16.1 Å². The van der Waals surface area contributed by atoms with Crippen LogP contribution in [0.1, 0.15) is 37.3 Å². The van der Waals surface area contributed by atoms with Crippen LogP contribution in [0.25, 0.3) is 22.6 Å². The molecule has 4 rings (SSSR count). The number of benzene rings is 1. The zero-order valence-corrected chi connectivity index (χ0v) is 23.0. The third-order valence-corrected chi connectivity index (χ3v) is 8.37. The van der Waals surface area contributed by atoms with Crippen molar-refractivity contribution in [2.45, 2.75) is 45.3 Å². The average molecular weight is 553 g/mol. The molecule has 3 heterocycles. The molecule has 0 bridgehead atoms. The number of thiophene rings is 1. The summed E-state index contributed by atoms with van der Waals surface area (Å²) >= 11 is 16.7. The lowest BCUT2D eigenvalue weighted by Crippen LogP contribution is -2.15. The van der Waals surface area contributed by atoms with E-state index in [0.29, 0.717) is 20.9 Å². The van der Waals surface area contributed by atoms with Crippen LogP contribution in [0.4, 0.5) is 5.13 Å². The van der Waals surface area contributed by atoms with Crippen LogP contribution in [-0.2, 0) is 11.2 Å². The Morgan fingerprint density at radius 3 is 2.68 bits per heavy atom. The highest BCUT2D eigenvalue weighted by atomic mass is 35.5. The number of anilines is 1. The number of thiazole rings is 1. The van der Waals surface area contributed by atoms with Gasteiger partial charge in [-0.2, -0.15) is 0 Å². The number of carbonyl (C=O) groups excluding carboxylic acids is 1. The predicted octanol–water partition coefficient (Wildman–Crippen LogP) is 7.62. The lowest BCUT2D eigenvalue weighted by molar-refractivity contribution is -0.113. The van der Waals surface area contributed by atoms with Crippen LogP contribution < -0.4 is 5.32 Å². The van der Waals surface area contributed by atoms with Crippen molar-refractivity contribution in [1.29, 1.82) is 0 Å². The van der Waals surface area contributed by atoms with Crippen molar-refractivity contribution in [3.63, 3.8) is 0 Å². The molecule has 0 aliphatic heterocycles. The number of aromatic nitrogens is 4. The highest BCUT2D eigenvalue weighted by Crippen LogP contribution is 2.35. The number of halogens is 2. The van der Waals surface area contributed by atoms with E-state index in [-0.39, 0.29) is 17.7 Å². The second kappa shape index (κ2) is 10.8. The third kappa shape index (κ3) is 5.33. The Morgan fingerprint density at radius 1 is 1.18 bits per heavy atom. The molecule has 4 aromatic rings. The molecule has 0 saturated heterocycles. The molecular formula is C23H23Cl2N5OS3. The van der Waals surface area contributed by atoms with Crippen LogP contribution in [0.5, 0.6) is 0 Å². The Bertz CT molecular complexity index is 1330. The second-order valence-corrected chi connectivity index (χ2v) is 11.5. The molecule has 178 valence electrons. The third-order valence-electron chi connectivity index (χ3n) is 5.17. The van der Waals surface area contributed by atoms with E-state index in [4.69, 9.17) is 23.2 Å². The van der Waals surface area contributed by atoms with Crippen molar-refractivity contribution in [2.75, 3.05) is 11.1 Å². The van der Waals surface area contributed by atoms with Gasteiger partial charge in [-0.3, -0.25) is 9.36 Å². The lowest BCUT2D eigenvalue weighted by Gasteiger charge is -2.14. The van der Waals surface area contributed by atoms with Gasteiger partial charge in [0.05, 0.1) is 16.5 Å². The molecule has 0 unspecified atom stereocenters. The van der Waals surface area contributed by atoms with E-state index in [2.05, 4.69) is 58.1 Å². The van der Waals surface area contributed by atoms with Crippen molar-refractivity contribution in [3.8, 4) is 22.6 Å². The minimum Gasteiger partial charge on any atom is -0.301 e. The van der Waals surface area contributed by atoms with Gasteiger partial charge in [0, 0.05) is 37.8 Å². The highest BCUT2D eigenvalue weighted by molar-refractivity contribution is 7.99. The SMILES string of the molecule is CCc1c(-c2nnc(SCC(=O)Nc3nc(-c4ccc(Cl)cc4Cl)cs3)n2C(C)C)csc1C. The largest absolute Gasteiger partial charge is 0.301 e. The zero-order chi connectivity index (χ0) is 24.4. The molecule has 0 fully saturated rings. The number of nitrogens with one attached hydrogen (secondary N) is 1. The van der Waals surface area contributed by atoms with Gasteiger partial charge in [-0.25, -0.2) is 4.98 Å². The fraction of sp³-hybridized carbons (Fsp3) is 0.304. The van der Waals surface area contributed by atoms with Crippen LogP contribution in [0, 0.1) is 6.92 Å². The summed E-state index contributed by atoms with van der Waals surface area (Å²) in [5.41, 5.74) is 3.88. The first-order valence-corrected chi connectivity index (χ1v) is 14.1. The topological polar surface area (TPSA) is 72.7 Å². The van der Waals surface area contributed by atoms with E-state index in [1.807, 2.05) is 11.4 Å². The van der Waals surface area contributed by atoms with Crippen molar-refractivity contribution >= 4 is 68.7 Å². The number of aryl methyl sites for hydroxylation is 1. The summed E-state index contributed by atoms with van der Waals surface area (Å²) in [6, 6.07) is 5.41.